The Morgan fingerprint density at radius 1 is 0.933 bits per heavy atom. The molecule has 0 aromatic carbocycles. The molecule has 15 heavy (non-hydrogen) atoms. The molecule has 0 heteroatoms. The van der Waals surface area contributed by atoms with Crippen LogP contribution < -0.4 is 0 Å². The monoisotopic (exact) mass is 200 g/mol. The molecule has 0 saturated carbocycles. The van der Waals surface area contributed by atoms with Crippen LogP contribution in [0.5, 0.6) is 0 Å². The van der Waals surface area contributed by atoms with Gasteiger partial charge in [0.15, 0.2) is 0 Å². The van der Waals surface area contributed by atoms with Gasteiger partial charge in [-0.25, -0.2) is 0 Å². The topological polar surface area (TPSA) is 0 Å². The second-order valence-electron chi connectivity index (χ2n) is 3.10. The molecular formula is C15H20. The molecule has 0 bridgehead atoms. The number of unbranched alkanes of at least 4 members (excludes halogenated alkanes) is 2. The van der Waals surface area contributed by atoms with Crippen LogP contribution in [0.15, 0.2) is 48.6 Å². The maximum atomic E-state index is 2.93. The highest BCUT2D eigenvalue weighted by Gasteiger charge is 1.74. The average molecular weight is 200 g/mol. The van der Waals surface area contributed by atoms with Gasteiger partial charge >= 0.3 is 0 Å². The molecule has 0 rings (SSSR count). The molecule has 0 heterocycles. The number of hydrogen-bond donors (Lipinski definition) is 0. The van der Waals surface area contributed by atoms with E-state index in [1.54, 1.807) is 0 Å². The molecule has 0 saturated heterocycles. The summed E-state index contributed by atoms with van der Waals surface area (Å²) in [5.74, 6) is 5.85. The third kappa shape index (κ3) is 12.5. The normalized spacial score (nSPS) is 11.9. The Bertz CT molecular complexity index is 290. The van der Waals surface area contributed by atoms with Crippen LogP contribution in [0.1, 0.15) is 33.1 Å². The molecule has 0 fully saturated rings. The summed E-state index contributed by atoms with van der Waals surface area (Å²) in [5.41, 5.74) is 0. The lowest BCUT2D eigenvalue weighted by Gasteiger charge is -1.84. The molecule has 0 aromatic heterocycles. The number of hydrogen-bond acceptors (Lipinski definition) is 0. The summed E-state index contributed by atoms with van der Waals surface area (Å²) in [4.78, 5) is 0. The van der Waals surface area contributed by atoms with Crippen molar-refractivity contribution < 1.29 is 0 Å². The number of rotatable bonds is 5. The van der Waals surface area contributed by atoms with Crippen molar-refractivity contribution in [3.05, 3.63) is 48.6 Å². The Morgan fingerprint density at radius 2 is 1.60 bits per heavy atom. The van der Waals surface area contributed by atoms with E-state index in [1.165, 1.54) is 12.8 Å². The van der Waals surface area contributed by atoms with E-state index < -0.39 is 0 Å². The fraction of sp³-hybridized carbons (Fsp3) is 0.333. The maximum Gasteiger partial charge on any atom is -0.0115 e. The van der Waals surface area contributed by atoms with Crippen molar-refractivity contribution in [3.8, 4) is 11.8 Å². The molecule has 0 unspecified atom stereocenters. The largest absolute Gasteiger partial charge is 0.0876 e. The van der Waals surface area contributed by atoms with Crippen molar-refractivity contribution in [2.24, 2.45) is 0 Å². The minimum absolute atomic E-state index is 1.16. The standard InChI is InChI=1S/C15H20/c1-3-5-7-9-11-13-15-14-12-10-8-6-4-2/h3,5,7,9-10,12,14-15H,4,6,8H2,1-2H3/b5-3+,9-7+,12-10+,15-14+. The minimum atomic E-state index is 1.16. The fourth-order valence-corrected chi connectivity index (χ4v) is 0.911. The second kappa shape index (κ2) is 12.5. The Hall–Kier alpha value is -1.48. The van der Waals surface area contributed by atoms with Gasteiger partial charge in [0, 0.05) is 0 Å². The van der Waals surface area contributed by atoms with Gasteiger partial charge in [0.2, 0.25) is 0 Å². The molecule has 0 spiro atoms. The van der Waals surface area contributed by atoms with Gasteiger partial charge in [0.05, 0.1) is 0 Å². The maximum absolute atomic E-state index is 2.93. The first-order chi connectivity index (χ1) is 7.41. The zero-order valence-corrected chi connectivity index (χ0v) is 9.74. The lowest BCUT2D eigenvalue weighted by Crippen LogP contribution is -1.64. The first-order valence-electron chi connectivity index (χ1n) is 5.52. The van der Waals surface area contributed by atoms with E-state index in [4.69, 9.17) is 0 Å². The lowest BCUT2D eigenvalue weighted by molar-refractivity contribution is 0.815. The zero-order valence-electron chi connectivity index (χ0n) is 9.74. The summed E-state index contributed by atoms with van der Waals surface area (Å²) < 4.78 is 0. The van der Waals surface area contributed by atoms with Gasteiger partial charge in [-0.2, -0.15) is 0 Å². The SMILES string of the molecule is C/C=C/C=C/C#C/C=C/C=C/CCCC. The summed E-state index contributed by atoms with van der Waals surface area (Å²) in [6, 6.07) is 0. The summed E-state index contributed by atoms with van der Waals surface area (Å²) in [7, 11) is 0. The highest BCUT2D eigenvalue weighted by molar-refractivity contribution is 5.27. The van der Waals surface area contributed by atoms with E-state index in [0.29, 0.717) is 0 Å². The van der Waals surface area contributed by atoms with Gasteiger partial charge in [-0.1, -0.05) is 68.1 Å². The van der Waals surface area contributed by atoms with Gasteiger partial charge < -0.3 is 0 Å². The van der Waals surface area contributed by atoms with Crippen LogP contribution in [-0.2, 0) is 0 Å². The van der Waals surface area contributed by atoms with Crippen molar-refractivity contribution >= 4 is 0 Å². The summed E-state index contributed by atoms with van der Waals surface area (Å²) in [6.45, 7) is 4.19. The number of allylic oxidation sites excluding steroid dienone is 8. The highest BCUT2D eigenvalue weighted by atomic mass is 13.8. The molecular weight excluding hydrogens is 180 g/mol. The van der Waals surface area contributed by atoms with Crippen LogP contribution in [0, 0.1) is 11.8 Å². The fourth-order valence-electron chi connectivity index (χ4n) is 0.911. The van der Waals surface area contributed by atoms with Crippen LogP contribution >= 0.6 is 0 Å². The molecule has 0 aromatic rings. The van der Waals surface area contributed by atoms with Gasteiger partial charge in [-0.15, -0.1) is 0 Å². The second-order valence-corrected chi connectivity index (χ2v) is 3.10. The molecule has 80 valence electrons. The van der Waals surface area contributed by atoms with Crippen LogP contribution in [0.25, 0.3) is 0 Å². The predicted molar refractivity (Wildman–Crippen MR) is 69.5 cm³/mol. The minimum Gasteiger partial charge on any atom is -0.0876 e. The molecule has 0 N–H and O–H groups in total. The summed E-state index contributed by atoms with van der Waals surface area (Å²) in [5, 5.41) is 0. The van der Waals surface area contributed by atoms with Gasteiger partial charge in [-0.3, -0.25) is 0 Å². The Morgan fingerprint density at radius 3 is 2.20 bits per heavy atom. The third-order valence-electron chi connectivity index (χ3n) is 1.72. The summed E-state index contributed by atoms with van der Waals surface area (Å²) >= 11 is 0. The van der Waals surface area contributed by atoms with E-state index in [1.807, 2.05) is 43.4 Å². The van der Waals surface area contributed by atoms with E-state index in [2.05, 4.69) is 30.9 Å². The van der Waals surface area contributed by atoms with Crippen LogP contribution in [0.4, 0.5) is 0 Å². The molecule has 0 radical (unpaired) electrons. The van der Waals surface area contributed by atoms with Gasteiger partial charge in [0.1, 0.15) is 0 Å². The van der Waals surface area contributed by atoms with Crippen LogP contribution in [0.2, 0.25) is 0 Å². The molecule has 0 amide bonds. The van der Waals surface area contributed by atoms with Crippen molar-refractivity contribution in [2.75, 3.05) is 0 Å². The van der Waals surface area contributed by atoms with Gasteiger partial charge in [0.25, 0.3) is 0 Å². The van der Waals surface area contributed by atoms with E-state index >= 15 is 0 Å². The lowest BCUT2D eigenvalue weighted by atomic mass is 10.2. The third-order valence-corrected chi connectivity index (χ3v) is 1.72. The summed E-state index contributed by atoms with van der Waals surface area (Å²) in [6.07, 6.45) is 19.5. The van der Waals surface area contributed by atoms with Crippen LogP contribution in [0.3, 0.4) is 0 Å². The molecule has 0 aliphatic heterocycles. The highest BCUT2D eigenvalue weighted by Crippen LogP contribution is 1.94. The Balaban J connectivity index is 3.64. The first-order valence-corrected chi connectivity index (χ1v) is 5.52. The average Bonchev–Trinajstić information content (AvgIpc) is 2.26. The van der Waals surface area contributed by atoms with Crippen LogP contribution in [-0.4, -0.2) is 0 Å². The zero-order chi connectivity index (χ0) is 11.2. The van der Waals surface area contributed by atoms with E-state index in [0.717, 1.165) is 6.42 Å². The van der Waals surface area contributed by atoms with Crippen molar-refractivity contribution in [3.63, 3.8) is 0 Å². The van der Waals surface area contributed by atoms with Gasteiger partial charge in [-0.05, 0) is 25.5 Å². The van der Waals surface area contributed by atoms with Crippen molar-refractivity contribution in [1.29, 1.82) is 0 Å². The first kappa shape index (κ1) is 13.5. The Labute approximate surface area is 94.1 Å². The van der Waals surface area contributed by atoms with E-state index in [-0.39, 0.29) is 0 Å². The predicted octanol–water partition coefficient (Wildman–Crippen LogP) is 4.42. The molecule has 0 atom stereocenters. The quantitative estimate of drug-likeness (QED) is 0.350. The van der Waals surface area contributed by atoms with Crippen molar-refractivity contribution in [1.82, 2.24) is 0 Å². The molecule has 0 nitrogen and oxygen atoms in total. The molecule has 0 aliphatic carbocycles. The van der Waals surface area contributed by atoms with E-state index in [9.17, 15) is 0 Å². The van der Waals surface area contributed by atoms with Crippen molar-refractivity contribution in [2.45, 2.75) is 33.1 Å². The molecule has 0 aliphatic rings. The smallest absolute Gasteiger partial charge is 0.0115 e. The Kier molecular flexibility index (Phi) is 11.3.